The summed E-state index contributed by atoms with van der Waals surface area (Å²) in [5.74, 6) is -1.15. The summed E-state index contributed by atoms with van der Waals surface area (Å²) in [6, 6.07) is 12.8. The number of Topliss-reactive ketones (excluding diaryl/α,β-unsaturated/α-hetero) is 1. The van der Waals surface area contributed by atoms with Crippen LogP contribution in [0.3, 0.4) is 0 Å². The summed E-state index contributed by atoms with van der Waals surface area (Å²) in [5, 5.41) is 5.21. The van der Waals surface area contributed by atoms with Crippen LogP contribution >= 0.6 is 0 Å². The molecular weight excluding hydrogens is 428 g/mol. The van der Waals surface area contributed by atoms with Gasteiger partial charge in [0.25, 0.3) is 11.8 Å². The third-order valence-corrected chi connectivity index (χ3v) is 4.45. The van der Waals surface area contributed by atoms with Gasteiger partial charge in [-0.2, -0.15) is 0 Å². The second-order valence-corrected chi connectivity index (χ2v) is 7.25. The van der Waals surface area contributed by atoms with Crippen molar-refractivity contribution in [3.8, 4) is 0 Å². The Labute approximate surface area is 198 Å². The minimum atomic E-state index is -0.428. The Morgan fingerprint density at radius 1 is 0.588 bits per heavy atom. The summed E-state index contributed by atoms with van der Waals surface area (Å²) in [5.41, 5.74) is 14.0. The molecule has 0 atom stereocenters. The Morgan fingerprint density at radius 3 is 1.24 bits per heavy atom. The van der Waals surface area contributed by atoms with Gasteiger partial charge in [0.15, 0.2) is 5.78 Å². The molecule has 7 nitrogen and oxygen atoms in total. The molecule has 7 heteroatoms. The van der Waals surface area contributed by atoms with Crippen molar-refractivity contribution in [1.82, 2.24) is 10.6 Å². The van der Waals surface area contributed by atoms with Crippen molar-refractivity contribution in [2.24, 2.45) is 0 Å². The molecule has 0 spiro atoms. The molecular formula is C27H26N4O3. The largest absolute Gasteiger partial charge is 0.399 e. The monoisotopic (exact) mass is 454 g/mol. The van der Waals surface area contributed by atoms with Gasteiger partial charge in [-0.15, -0.1) is 0 Å². The smallest absolute Gasteiger partial charge is 0.255 e. The predicted octanol–water partition coefficient (Wildman–Crippen LogP) is 3.83. The van der Waals surface area contributed by atoms with Crippen molar-refractivity contribution in [2.45, 2.75) is 0 Å². The molecule has 0 unspecified atom stereocenters. The topological polar surface area (TPSA) is 127 Å². The van der Waals surface area contributed by atoms with Crippen molar-refractivity contribution in [3.63, 3.8) is 0 Å². The molecule has 2 aromatic carbocycles. The number of ketones is 1. The van der Waals surface area contributed by atoms with Crippen molar-refractivity contribution in [1.29, 1.82) is 0 Å². The third kappa shape index (κ3) is 7.65. The van der Waals surface area contributed by atoms with E-state index in [0.717, 1.165) is 0 Å². The first-order valence-corrected chi connectivity index (χ1v) is 10.1. The van der Waals surface area contributed by atoms with Gasteiger partial charge in [-0.3, -0.25) is 14.4 Å². The molecule has 0 aromatic heterocycles. The fourth-order valence-corrected chi connectivity index (χ4v) is 2.55. The molecule has 0 aliphatic carbocycles. The zero-order chi connectivity index (χ0) is 25.3. The SMILES string of the molecule is C=C(/C=C\C(=C)C(=O)C(=C)/C=C\C(=C)NC(=O)c1ccc(N)cc1)NC(=O)c1ccc(N)cc1. The number of nitrogens with two attached hydrogens (primary N) is 2. The molecule has 0 saturated carbocycles. The highest BCUT2D eigenvalue weighted by molar-refractivity contribution is 6.11. The Bertz CT molecular complexity index is 1120. The number of amides is 2. The van der Waals surface area contributed by atoms with Crippen LogP contribution in [-0.4, -0.2) is 17.6 Å². The van der Waals surface area contributed by atoms with E-state index in [9.17, 15) is 14.4 Å². The number of nitrogen functional groups attached to an aromatic ring is 2. The van der Waals surface area contributed by atoms with Gasteiger partial charge < -0.3 is 22.1 Å². The molecule has 34 heavy (non-hydrogen) atoms. The van der Waals surface area contributed by atoms with E-state index < -0.39 is 5.78 Å². The maximum absolute atomic E-state index is 12.5. The summed E-state index contributed by atoms with van der Waals surface area (Å²) in [7, 11) is 0. The van der Waals surface area contributed by atoms with E-state index in [-0.39, 0.29) is 34.4 Å². The number of rotatable bonds is 10. The lowest BCUT2D eigenvalue weighted by atomic mass is 10.0. The van der Waals surface area contributed by atoms with E-state index in [1.807, 2.05) is 0 Å². The average Bonchev–Trinajstić information content (AvgIpc) is 2.81. The minimum absolute atomic E-state index is 0.133. The fourth-order valence-electron chi connectivity index (χ4n) is 2.55. The quantitative estimate of drug-likeness (QED) is 0.246. The van der Waals surface area contributed by atoms with Gasteiger partial charge in [0.2, 0.25) is 0 Å². The van der Waals surface area contributed by atoms with Crippen LogP contribution < -0.4 is 22.1 Å². The molecule has 0 heterocycles. The number of anilines is 2. The van der Waals surface area contributed by atoms with E-state index in [1.165, 1.54) is 24.3 Å². The van der Waals surface area contributed by atoms with E-state index in [0.29, 0.717) is 22.5 Å². The Balaban J connectivity index is 1.86. The summed E-state index contributed by atoms with van der Waals surface area (Å²) in [6.45, 7) is 14.9. The Hall–Kier alpha value is -4.91. The fraction of sp³-hybridized carbons (Fsp3) is 0. The van der Waals surface area contributed by atoms with Gasteiger partial charge >= 0.3 is 0 Å². The van der Waals surface area contributed by atoms with Gasteiger partial charge in [0, 0.05) is 45.0 Å². The number of benzene rings is 2. The van der Waals surface area contributed by atoms with Crippen LogP contribution in [-0.2, 0) is 4.79 Å². The number of carbonyl (C=O) groups is 3. The van der Waals surface area contributed by atoms with Gasteiger partial charge in [0.05, 0.1) is 0 Å². The highest BCUT2D eigenvalue weighted by atomic mass is 16.2. The first kappa shape index (κ1) is 25.4. The molecule has 0 saturated heterocycles. The summed E-state index contributed by atoms with van der Waals surface area (Å²) < 4.78 is 0. The van der Waals surface area contributed by atoms with Crippen molar-refractivity contribution in [3.05, 3.63) is 133 Å². The number of nitrogens with one attached hydrogen (secondary N) is 2. The molecule has 0 radical (unpaired) electrons. The lowest BCUT2D eigenvalue weighted by Crippen LogP contribution is -2.21. The van der Waals surface area contributed by atoms with E-state index in [2.05, 4.69) is 36.9 Å². The van der Waals surface area contributed by atoms with E-state index >= 15 is 0 Å². The van der Waals surface area contributed by atoms with E-state index in [1.54, 1.807) is 48.5 Å². The lowest BCUT2D eigenvalue weighted by molar-refractivity contribution is -0.111. The Morgan fingerprint density at radius 2 is 0.912 bits per heavy atom. The first-order chi connectivity index (χ1) is 16.1. The first-order valence-electron chi connectivity index (χ1n) is 10.1. The maximum atomic E-state index is 12.5. The molecule has 2 rings (SSSR count). The summed E-state index contributed by atoms with van der Waals surface area (Å²) in [4.78, 5) is 36.8. The van der Waals surface area contributed by atoms with Crippen molar-refractivity contribution in [2.75, 3.05) is 11.5 Å². The Kier molecular flexibility index (Phi) is 8.68. The standard InChI is InChI=1S/C27H26N4O3/c1-17(5-7-19(3)30-26(33)21-9-13-23(28)14-10-21)25(32)18(2)6-8-20(4)31-27(34)22-11-15-24(29)16-12-22/h5-16H,1-4,28-29H2,(H,30,33)(H,31,34)/b7-5-,8-6-. The van der Waals surface area contributed by atoms with Crippen LogP contribution in [0.1, 0.15) is 20.7 Å². The number of allylic oxidation sites excluding steroid dienone is 6. The zero-order valence-electron chi connectivity index (χ0n) is 18.6. The molecule has 0 aliphatic heterocycles. The molecule has 0 bridgehead atoms. The highest BCUT2D eigenvalue weighted by Crippen LogP contribution is 2.10. The van der Waals surface area contributed by atoms with Crippen LogP contribution in [0.2, 0.25) is 0 Å². The summed E-state index contributed by atoms with van der Waals surface area (Å²) >= 11 is 0. The van der Waals surface area contributed by atoms with Crippen LogP contribution in [0.15, 0.2) is 122 Å². The molecule has 172 valence electrons. The zero-order valence-corrected chi connectivity index (χ0v) is 18.6. The molecule has 6 N–H and O–H groups in total. The third-order valence-electron chi connectivity index (χ3n) is 4.45. The van der Waals surface area contributed by atoms with Crippen molar-refractivity contribution >= 4 is 29.0 Å². The van der Waals surface area contributed by atoms with Gasteiger partial charge in [-0.1, -0.05) is 26.3 Å². The van der Waals surface area contributed by atoms with Gasteiger partial charge in [-0.25, -0.2) is 0 Å². The molecule has 0 aliphatic rings. The van der Waals surface area contributed by atoms with Gasteiger partial charge in [-0.05, 0) is 72.8 Å². The molecule has 2 amide bonds. The highest BCUT2D eigenvalue weighted by Gasteiger charge is 2.09. The van der Waals surface area contributed by atoms with Crippen molar-refractivity contribution < 1.29 is 14.4 Å². The predicted molar refractivity (Wildman–Crippen MR) is 136 cm³/mol. The summed E-state index contributed by atoms with van der Waals surface area (Å²) in [6.07, 6.45) is 5.76. The molecule has 0 fully saturated rings. The second kappa shape index (κ2) is 11.6. The average molecular weight is 455 g/mol. The second-order valence-electron chi connectivity index (χ2n) is 7.25. The number of hydrogen-bond acceptors (Lipinski definition) is 5. The molecule has 2 aromatic rings. The van der Waals surface area contributed by atoms with Crippen LogP contribution in [0.5, 0.6) is 0 Å². The van der Waals surface area contributed by atoms with Crippen LogP contribution in [0.4, 0.5) is 11.4 Å². The van der Waals surface area contributed by atoms with E-state index in [4.69, 9.17) is 11.5 Å². The number of carbonyl (C=O) groups excluding carboxylic acids is 3. The lowest BCUT2D eigenvalue weighted by Gasteiger charge is -2.06. The maximum Gasteiger partial charge on any atom is 0.255 e. The van der Waals surface area contributed by atoms with Crippen LogP contribution in [0.25, 0.3) is 0 Å². The normalized spacial score (nSPS) is 10.6. The minimum Gasteiger partial charge on any atom is -0.399 e. The number of hydrogen-bond donors (Lipinski definition) is 4. The van der Waals surface area contributed by atoms with Crippen LogP contribution in [0, 0.1) is 0 Å². The van der Waals surface area contributed by atoms with Gasteiger partial charge in [0.1, 0.15) is 0 Å².